The maximum Gasteiger partial charge on any atom is 0.323 e. The van der Waals surface area contributed by atoms with Crippen LogP contribution in [-0.2, 0) is 0 Å². The highest BCUT2D eigenvalue weighted by atomic mass is 16.5. The zero-order valence-electron chi connectivity index (χ0n) is 12.9. The fourth-order valence-electron chi connectivity index (χ4n) is 1.89. The molecule has 0 aliphatic rings. The minimum Gasteiger partial charge on any atom is -0.497 e. The molecular formula is C17H20N2O3. The molecule has 0 saturated carbocycles. The molecule has 0 spiro atoms. The highest BCUT2D eigenvalue weighted by Gasteiger charge is 2.08. The van der Waals surface area contributed by atoms with Gasteiger partial charge in [0.1, 0.15) is 11.5 Å². The Morgan fingerprint density at radius 2 is 1.68 bits per heavy atom. The SMILES string of the molecule is COc1ccc(NC(=O)Nc2ccccc2OC(C)C)cc1. The predicted molar refractivity (Wildman–Crippen MR) is 87.8 cm³/mol. The summed E-state index contributed by atoms with van der Waals surface area (Å²) in [4.78, 5) is 12.1. The molecule has 2 amide bonds. The van der Waals surface area contributed by atoms with Crippen LogP contribution in [0.3, 0.4) is 0 Å². The van der Waals surface area contributed by atoms with Crippen LogP contribution in [0.5, 0.6) is 11.5 Å². The number of carbonyl (C=O) groups is 1. The lowest BCUT2D eigenvalue weighted by Crippen LogP contribution is -2.20. The Labute approximate surface area is 130 Å². The van der Waals surface area contributed by atoms with Gasteiger partial charge in [0, 0.05) is 5.69 Å². The smallest absolute Gasteiger partial charge is 0.323 e. The standard InChI is InChI=1S/C17H20N2O3/c1-12(2)22-16-7-5-4-6-15(16)19-17(20)18-13-8-10-14(21-3)11-9-13/h4-12H,1-3H3,(H2,18,19,20). The molecule has 2 N–H and O–H groups in total. The first-order valence-corrected chi connectivity index (χ1v) is 7.06. The molecule has 0 saturated heterocycles. The summed E-state index contributed by atoms with van der Waals surface area (Å²) in [5.74, 6) is 1.38. The van der Waals surface area contributed by atoms with Gasteiger partial charge in [0.25, 0.3) is 0 Å². The van der Waals surface area contributed by atoms with Gasteiger partial charge in [-0.3, -0.25) is 0 Å². The van der Waals surface area contributed by atoms with Crippen LogP contribution in [0.15, 0.2) is 48.5 Å². The largest absolute Gasteiger partial charge is 0.497 e. The lowest BCUT2D eigenvalue weighted by atomic mass is 10.3. The number of methoxy groups -OCH3 is 1. The molecule has 5 heteroatoms. The highest BCUT2D eigenvalue weighted by molar-refractivity contribution is 6.00. The Kier molecular flexibility index (Phi) is 5.25. The first-order chi connectivity index (χ1) is 10.6. The zero-order chi connectivity index (χ0) is 15.9. The summed E-state index contributed by atoms with van der Waals surface area (Å²) in [5, 5.41) is 5.55. The van der Waals surface area contributed by atoms with Crippen LogP contribution in [0.1, 0.15) is 13.8 Å². The maximum absolute atomic E-state index is 12.1. The summed E-state index contributed by atoms with van der Waals surface area (Å²) in [5.41, 5.74) is 1.31. The van der Waals surface area contributed by atoms with E-state index >= 15 is 0 Å². The molecule has 0 radical (unpaired) electrons. The number of hydrogen-bond acceptors (Lipinski definition) is 3. The van der Waals surface area contributed by atoms with E-state index in [1.807, 2.05) is 32.0 Å². The number of para-hydroxylation sites is 2. The van der Waals surface area contributed by atoms with Crippen molar-refractivity contribution in [3.63, 3.8) is 0 Å². The first kappa shape index (κ1) is 15.7. The van der Waals surface area contributed by atoms with Crippen molar-refractivity contribution in [1.29, 1.82) is 0 Å². The predicted octanol–water partition coefficient (Wildman–Crippen LogP) is 4.13. The van der Waals surface area contributed by atoms with Gasteiger partial charge in [-0.25, -0.2) is 4.79 Å². The Morgan fingerprint density at radius 1 is 1.00 bits per heavy atom. The fraction of sp³-hybridized carbons (Fsp3) is 0.235. The zero-order valence-corrected chi connectivity index (χ0v) is 12.9. The van der Waals surface area contributed by atoms with Gasteiger partial charge in [-0.1, -0.05) is 12.1 Å². The third kappa shape index (κ3) is 4.41. The van der Waals surface area contributed by atoms with Gasteiger partial charge in [0.05, 0.1) is 18.9 Å². The molecule has 0 aliphatic heterocycles. The molecule has 0 heterocycles. The van der Waals surface area contributed by atoms with Crippen molar-refractivity contribution in [3.05, 3.63) is 48.5 Å². The van der Waals surface area contributed by atoms with Crippen LogP contribution in [0.4, 0.5) is 16.2 Å². The van der Waals surface area contributed by atoms with Crippen molar-refractivity contribution in [2.24, 2.45) is 0 Å². The van der Waals surface area contributed by atoms with E-state index in [0.29, 0.717) is 17.1 Å². The van der Waals surface area contributed by atoms with Crippen LogP contribution < -0.4 is 20.1 Å². The second-order valence-corrected chi connectivity index (χ2v) is 4.97. The third-order valence-corrected chi connectivity index (χ3v) is 2.85. The van der Waals surface area contributed by atoms with E-state index in [9.17, 15) is 4.79 Å². The van der Waals surface area contributed by atoms with Gasteiger partial charge < -0.3 is 20.1 Å². The molecular weight excluding hydrogens is 280 g/mol. The summed E-state index contributed by atoms with van der Waals surface area (Å²) in [6.07, 6.45) is 0.0348. The lowest BCUT2D eigenvalue weighted by Gasteiger charge is -2.15. The van der Waals surface area contributed by atoms with Crippen molar-refractivity contribution in [3.8, 4) is 11.5 Å². The summed E-state index contributed by atoms with van der Waals surface area (Å²) in [6.45, 7) is 3.88. The lowest BCUT2D eigenvalue weighted by molar-refractivity contribution is 0.243. The number of nitrogens with one attached hydrogen (secondary N) is 2. The van der Waals surface area contributed by atoms with E-state index in [1.165, 1.54) is 0 Å². The molecule has 2 rings (SSSR count). The first-order valence-electron chi connectivity index (χ1n) is 7.06. The summed E-state index contributed by atoms with van der Waals surface area (Å²) in [6, 6.07) is 14.1. The van der Waals surface area contributed by atoms with Crippen LogP contribution in [0.2, 0.25) is 0 Å². The second-order valence-electron chi connectivity index (χ2n) is 4.97. The number of ether oxygens (including phenoxy) is 2. The molecule has 5 nitrogen and oxygen atoms in total. The molecule has 22 heavy (non-hydrogen) atoms. The van der Waals surface area contributed by atoms with Gasteiger partial charge in [-0.2, -0.15) is 0 Å². The monoisotopic (exact) mass is 300 g/mol. The highest BCUT2D eigenvalue weighted by Crippen LogP contribution is 2.25. The number of carbonyl (C=O) groups excluding carboxylic acids is 1. The molecule has 2 aromatic carbocycles. The summed E-state index contributed by atoms with van der Waals surface area (Å²) < 4.78 is 10.7. The minimum absolute atomic E-state index is 0.0348. The van der Waals surface area contributed by atoms with Crippen LogP contribution in [0.25, 0.3) is 0 Å². The Hall–Kier alpha value is -2.69. The van der Waals surface area contributed by atoms with E-state index in [4.69, 9.17) is 9.47 Å². The van der Waals surface area contributed by atoms with Crippen molar-refractivity contribution >= 4 is 17.4 Å². The summed E-state index contributed by atoms with van der Waals surface area (Å²) >= 11 is 0. The van der Waals surface area contributed by atoms with Gasteiger partial charge in [-0.05, 0) is 50.2 Å². The van der Waals surface area contributed by atoms with Gasteiger partial charge in [0.2, 0.25) is 0 Å². The average molecular weight is 300 g/mol. The average Bonchev–Trinajstić information content (AvgIpc) is 2.49. The van der Waals surface area contributed by atoms with E-state index < -0.39 is 0 Å². The van der Waals surface area contributed by atoms with E-state index in [1.54, 1.807) is 37.4 Å². The quantitative estimate of drug-likeness (QED) is 0.873. The van der Waals surface area contributed by atoms with Crippen LogP contribution in [-0.4, -0.2) is 19.2 Å². The van der Waals surface area contributed by atoms with E-state index in [2.05, 4.69) is 10.6 Å². The molecule has 0 aromatic heterocycles. The summed E-state index contributed by atoms with van der Waals surface area (Å²) in [7, 11) is 1.60. The van der Waals surface area contributed by atoms with E-state index in [-0.39, 0.29) is 12.1 Å². The van der Waals surface area contributed by atoms with E-state index in [0.717, 1.165) is 5.75 Å². The van der Waals surface area contributed by atoms with Crippen molar-refractivity contribution in [2.45, 2.75) is 20.0 Å². The molecule has 2 aromatic rings. The maximum atomic E-state index is 12.1. The number of urea groups is 1. The third-order valence-electron chi connectivity index (χ3n) is 2.85. The Balaban J connectivity index is 2.02. The Bertz CT molecular complexity index is 624. The van der Waals surface area contributed by atoms with Crippen LogP contribution >= 0.6 is 0 Å². The van der Waals surface area contributed by atoms with Crippen LogP contribution in [0, 0.1) is 0 Å². The fourth-order valence-corrected chi connectivity index (χ4v) is 1.89. The molecule has 0 bridgehead atoms. The van der Waals surface area contributed by atoms with Crippen molar-refractivity contribution in [1.82, 2.24) is 0 Å². The van der Waals surface area contributed by atoms with Gasteiger partial charge in [0.15, 0.2) is 0 Å². The normalized spacial score (nSPS) is 10.2. The molecule has 0 atom stereocenters. The van der Waals surface area contributed by atoms with Gasteiger partial charge in [-0.15, -0.1) is 0 Å². The van der Waals surface area contributed by atoms with Gasteiger partial charge >= 0.3 is 6.03 Å². The topological polar surface area (TPSA) is 59.6 Å². The second kappa shape index (κ2) is 7.36. The number of anilines is 2. The molecule has 116 valence electrons. The van der Waals surface area contributed by atoms with Crippen molar-refractivity contribution < 1.29 is 14.3 Å². The van der Waals surface area contributed by atoms with Crippen molar-refractivity contribution in [2.75, 3.05) is 17.7 Å². The number of benzene rings is 2. The minimum atomic E-state index is -0.329. The molecule has 0 fully saturated rings. The molecule has 0 aliphatic carbocycles. The number of rotatable bonds is 5. The number of amides is 2. The molecule has 0 unspecified atom stereocenters. The Morgan fingerprint density at radius 3 is 2.32 bits per heavy atom. The number of hydrogen-bond donors (Lipinski definition) is 2.